The zero-order valence-electron chi connectivity index (χ0n) is 8.95. The van der Waals surface area contributed by atoms with Crippen LogP contribution in [0.5, 0.6) is 0 Å². The van der Waals surface area contributed by atoms with Gasteiger partial charge in [-0.1, -0.05) is 19.3 Å². The Kier molecular flexibility index (Phi) is 3.87. The predicted molar refractivity (Wildman–Crippen MR) is 58.2 cm³/mol. The molecule has 0 radical (unpaired) electrons. The minimum atomic E-state index is 0.853. The van der Waals surface area contributed by atoms with E-state index in [1.807, 2.05) is 6.26 Å². The third kappa shape index (κ3) is 2.74. The van der Waals surface area contributed by atoms with Crippen molar-refractivity contribution in [2.75, 3.05) is 19.7 Å². The van der Waals surface area contributed by atoms with Crippen LogP contribution in [0.25, 0.3) is 0 Å². The molecule has 2 aliphatic rings. The molecule has 0 bridgehead atoms. The summed E-state index contributed by atoms with van der Waals surface area (Å²) in [5, 5.41) is 0. The standard InChI is InChI=1S/C12H21NO/c1-2-6-12(7-3-1)13-8-4-10-14-11-5-9-13/h4,10,12H,1-3,5-9,11H2/b10-4-. The molecule has 1 heterocycles. The van der Waals surface area contributed by atoms with Crippen LogP contribution in [0.1, 0.15) is 38.5 Å². The SMILES string of the molecule is C1=C\OCCCN(C2CCCCC2)C/1. The van der Waals surface area contributed by atoms with Gasteiger partial charge in [-0.25, -0.2) is 0 Å². The molecule has 0 atom stereocenters. The van der Waals surface area contributed by atoms with Gasteiger partial charge in [0.2, 0.25) is 0 Å². The largest absolute Gasteiger partial charge is 0.501 e. The van der Waals surface area contributed by atoms with Crippen molar-refractivity contribution in [3.63, 3.8) is 0 Å². The number of hydrogen-bond acceptors (Lipinski definition) is 2. The summed E-state index contributed by atoms with van der Waals surface area (Å²) in [6, 6.07) is 0.853. The van der Waals surface area contributed by atoms with E-state index in [1.165, 1.54) is 45.1 Å². The fraction of sp³-hybridized carbons (Fsp3) is 0.833. The lowest BCUT2D eigenvalue weighted by Gasteiger charge is -2.34. The Morgan fingerprint density at radius 3 is 2.79 bits per heavy atom. The first-order valence-corrected chi connectivity index (χ1v) is 5.97. The van der Waals surface area contributed by atoms with E-state index in [0.717, 1.165) is 19.2 Å². The molecule has 2 nitrogen and oxygen atoms in total. The molecule has 0 aromatic carbocycles. The molecular weight excluding hydrogens is 174 g/mol. The molecule has 0 N–H and O–H groups in total. The van der Waals surface area contributed by atoms with Crippen LogP contribution in [0.4, 0.5) is 0 Å². The van der Waals surface area contributed by atoms with Gasteiger partial charge in [0.25, 0.3) is 0 Å². The van der Waals surface area contributed by atoms with Crippen LogP contribution in [0, 0.1) is 0 Å². The first-order valence-electron chi connectivity index (χ1n) is 5.97. The zero-order valence-corrected chi connectivity index (χ0v) is 8.95. The molecule has 2 rings (SSSR count). The average molecular weight is 195 g/mol. The summed E-state index contributed by atoms with van der Waals surface area (Å²) in [5.74, 6) is 0. The Balaban J connectivity index is 1.86. The van der Waals surface area contributed by atoms with Crippen LogP contribution in [-0.4, -0.2) is 30.6 Å². The summed E-state index contributed by atoms with van der Waals surface area (Å²) in [4.78, 5) is 2.64. The molecule has 1 saturated carbocycles. The van der Waals surface area contributed by atoms with Crippen molar-refractivity contribution in [3.8, 4) is 0 Å². The van der Waals surface area contributed by atoms with Crippen molar-refractivity contribution in [1.29, 1.82) is 0 Å². The van der Waals surface area contributed by atoms with Gasteiger partial charge >= 0.3 is 0 Å². The highest BCUT2D eigenvalue weighted by molar-refractivity contribution is 4.85. The summed E-state index contributed by atoms with van der Waals surface area (Å²) in [7, 11) is 0. The number of ether oxygens (including phenoxy) is 1. The first-order chi connectivity index (χ1) is 6.97. The molecule has 1 aliphatic carbocycles. The van der Waals surface area contributed by atoms with Gasteiger partial charge in [-0.3, -0.25) is 4.90 Å². The Bertz CT molecular complexity index is 185. The topological polar surface area (TPSA) is 12.5 Å². The maximum absolute atomic E-state index is 5.30. The summed E-state index contributed by atoms with van der Waals surface area (Å²) < 4.78 is 5.30. The fourth-order valence-corrected chi connectivity index (χ4v) is 2.53. The lowest BCUT2D eigenvalue weighted by atomic mass is 9.94. The van der Waals surface area contributed by atoms with Crippen LogP contribution in [0.2, 0.25) is 0 Å². The van der Waals surface area contributed by atoms with E-state index in [4.69, 9.17) is 4.74 Å². The molecule has 1 aliphatic heterocycles. The molecule has 0 aromatic heterocycles. The maximum Gasteiger partial charge on any atom is 0.0885 e. The van der Waals surface area contributed by atoms with Gasteiger partial charge in [0, 0.05) is 19.1 Å². The Morgan fingerprint density at radius 2 is 1.93 bits per heavy atom. The first kappa shape index (κ1) is 10.0. The van der Waals surface area contributed by atoms with E-state index in [2.05, 4.69) is 11.0 Å². The van der Waals surface area contributed by atoms with Gasteiger partial charge < -0.3 is 4.74 Å². The van der Waals surface area contributed by atoms with Gasteiger partial charge in [-0.05, 0) is 25.3 Å². The number of nitrogens with zero attached hydrogens (tertiary/aromatic N) is 1. The monoisotopic (exact) mass is 195 g/mol. The van der Waals surface area contributed by atoms with Gasteiger partial charge in [0.15, 0.2) is 0 Å². The Hall–Kier alpha value is -0.500. The molecule has 2 heteroatoms. The van der Waals surface area contributed by atoms with E-state index in [1.54, 1.807) is 0 Å². The molecule has 1 fully saturated rings. The minimum Gasteiger partial charge on any atom is -0.501 e. The Labute approximate surface area is 86.9 Å². The second-order valence-electron chi connectivity index (χ2n) is 4.38. The lowest BCUT2D eigenvalue weighted by molar-refractivity contribution is 0.139. The predicted octanol–water partition coefficient (Wildman–Crippen LogP) is 2.56. The molecule has 80 valence electrons. The van der Waals surface area contributed by atoms with Crippen LogP contribution >= 0.6 is 0 Å². The summed E-state index contributed by atoms with van der Waals surface area (Å²) in [6.07, 6.45) is 12.3. The van der Waals surface area contributed by atoms with Gasteiger partial charge in [-0.2, -0.15) is 0 Å². The third-order valence-corrected chi connectivity index (χ3v) is 3.33. The van der Waals surface area contributed by atoms with E-state index in [9.17, 15) is 0 Å². The molecule has 0 amide bonds. The quantitative estimate of drug-likeness (QED) is 0.637. The third-order valence-electron chi connectivity index (χ3n) is 3.33. The van der Waals surface area contributed by atoms with Gasteiger partial charge in [0.05, 0.1) is 12.9 Å². The van der Waals surface area contributed by atoms with E-state index in [0.29, 0.717) is 0 Å². The van der Waals surface area contributed by atoms with Gasteiger partial charge in [0.1, 0.15) is 0 Å². The molecule has 0 aromatic rings. The molecule has 0 unspecified atom stereocenters. The van der Waals surface area contributed by atoms with Crippen LogP contribution in [-0.2, 0) is 4.74 Å². The smallest absolute Gasteiger partial charge is 0.0885 e. The van der Waals surface area contributed by atoms with E-state index >= 15 is 0 Å². The minimum absolute atomic E-state index is 0.853. The second-order valence-corrected chi connectivity index (χ2v) is 4.38. The number of hydrogen-bond donors (Lipinski definition) is 0. The van der Waals surface area contributed by atoms with Gasteiger partial charge in [-0.15, -0.1) is 0 Å². The van der Waals surface area contributed by atoms with Crippen molar-refractivity contribution in [2.45, 2.75) is 44.6 Å². The molecule has 0 saturated heterocycles. The molecular formula is C12H21NO. The van der Waals surface area contributed by atoms with Crippen LogP contribution in [0.3, 0.4) is 0 Å². The average Bonchev–Trinajstić information content (AvgIpc) is 2.18. The van der Waals surface area contributed by atoms with Crippen LogP contribution < -0.4 is 0 Å². The summed E-state index contributed by atoms with van der Waals surface area (Å²) in [6.45, 7) is 3.19. The highest BCUT2D eigenvalue weighted by atomic mass is 16.5. The second kappa shape index (κ2) is 5.40. The Morgan fingerprint density at radius 1 is 1.07 bits per heavy atom. The fourth-order valence-electron chi connectivity index (χ4n) is 2.53. The highest BCUT2D eigenvalue weighted by Gasteiger charge is 2.20. The van der Waals surface area contributed by atoms with Crippen molar-refractivity contribution < 1.29 is 4.74 Å². The maximum atomic E-state index is 5.30. The van der Waals surface area contributed by atoms with Crippen molar-refractivity contribution in [1.82, 2.24) is 4.90 Å². The normalized spacial score (nSPS) is 28.9. The van der Waals surface area contributed by atoms with Crippen molar-refractivity contribution in [3.05, 3.63) is 12.3 Å². The van der Waals surface area contributed by atoms with Crippen molar-refractivity contribution in [2.24, 2.45) is 0 Å². The lowest BCUT2D eigenvalue weighted by Crippen LogP contribution is -2.38. The molecule has 0 spiro atoms. The summed E-state index contributed by atoms with van der Waals surface area (Å²) in [5.41, 5.74) is 0. The van der Waals surface area contributed by atoms with E-state index < -0.39 is 0 Å². The zero-order chi connectivity index (χ0) is 9.64. The summed E-state index contributed by atoms with van der Waals surface area (Å²) >= 11 is 0. The number of rotatable bonds is 1. The highest BCUT2D eigenvalue weighted by Crippen LogP contribution is 2.22. The van der Waals surface area contributed by atoms with E-state index in [-0.39, 0.29) is 0 Å². The van der Waals surface area contributed by atoms with Crippen LogP contribution in [0.15, 0.2) is 12.3 Å². The van der Waals surface area contributed by atoms with Crippen molar-refractivity contribution >= 4 is 0 Å². The molecule has 14 heavy (non-hydrogen) atoms.